The van der Waals surface area contributed by atoms with Crippen molar-refractivity contribution in [3.05, 3.63) is 0 Å². The Hall–Kier alpha value is -0.570. The first kappa shape index (κ1) is 23.5. The third-order valence-corrected chi connectivity index (χ3v) is 5.90. The smallest absolute Gasteiger partial charge is 0.222 e. The summed E-state index contributed by atoms with van der Waals surface area (Å²) >= 11 is 0. The molecular weight excluding hydrogens is 443 g/mol. The number of nitrogens with one attached hydrogen (secondary N) is 2. The number of carbonyl (C=O) groups excluding carboxylic acids is 1. The number of ether oxygens (including phenoxy) is 1. The fraction of sp³-hybridized carbons (Fsp3) is 0.895. The highest BCUT2D eigenvalue weighted by Crippen LogP contribution is 2.43. The minimum absolute atomic E-state index is 0. The maximum atomic E-state index is 11.9. The molecule has 2 aliphatic rings. The summed E-state index contributed by atoms with van der Waals surface area (Å²) in [7, 11) is 3.59. The van der Waals surface area contributed by atoms with Gasteiger partial charge in [0.15, 0.2) is 5.96 Å². The average Bonchev–Trinajstić information content (AvgIpc) is 3.01. The minimum Gasteiger partial charge on any atom is -0.385 e. The second-order valence-electron chi connectivity index (χ2n) is 7.49. The fourth-order valence-electron chi connectivity index (χ4n) is 4.00. The van der Waals surface area contributed by atoms with E-state index < -0.39 is 0 Å². The molecule has 1 amide bonds. The maximum absolute atomic E-state index is 11.9. The number of hydrogen-bond acceptors (Lipinski definition) is 3. The lowest BCUT2D eigenvalue weighted by molar-refractivity contribution is -0.129. The van der Waals surface area contributed by atoms with Crippen molar-refractivity contribution in [3.8, 4) is 0 Å². The van der Waals surface area contributed by atoms with Gasteiger partial charge in [0.2, 0.25) is 5.91 Å². The second kappa shape index (κ2) is 12.0. The molecule has 0 aromatic carbocycles. The SMILES string of the molecule is CCC(CCNC(=NC)NCC1(CCOC)CCC1)N1CCCC1=O.I. The van der Waals surface area contributed by atoms with Gasteiger partial charge in [-0.05, 0) is 43.9 Å². The number of methoxy groups -OCH3 is 1. The molecule has 0 aromatic heterocycles. The lowest BCUT2D eigenvalue weighted by atomic mass is 9.67. The molecule has 1 aliphatic carbocycles. The third kappa shape index (κ3) is 6.55. The Morgan fingerprint density at radius 2 is 2.12 bits per heavy atom. The fourth-order valence-corrected chi connectivity index (χ4v) is 4.00. The first-order chi connectivity index (χ1) is 12.1. The normalized spacial score (nSPS) is 20.3. The summed E-state index contributed by atoms with van der Waals surface area (Å²) < 4.78 is 5.26. The van der Waals surface area contributed by atoms with E-state index in [-0.39, 0.29) is 24.0 Å². The minimum atomic E-state index is 0. The van der Waals surface area contributed by atoms with Crippen molar-refractivity contribution in [1.82, 2.24) is 15.5 Å². The van der Waals surface area contributed by atoms with Crippen LogP contribution in [0.5, 0.6) is 0 Å². The number of guanidine groups is 1. The number of nitrogens with zero attached hydrogens (tertiary/aromatic N) is 2. The Labute approximate surface area is 175 Å². The summed E-state index contributed by atoms with van der Waals surface area (Å²) in [5.74, 6) is 1.19. The number of hydrogen-bond donors (Lipinski definition) is 2. The van der Waals surface area contributed by atoms with Crippen LogP contribution in [0.15, 0.2) is 4.99 Å². The van der Waals surface area contributed by atoms with Gasteiger partial charge >= 0.3 is 0 Å². The molecule has 1 unspecified atom stereocenters. The number of halogens is 1. The monoisotopic (exact) mass is 480 g/mol. The first-order valence-electron chi connectivity index (χ1n) is 9.87. The summed E-state index contributed by atoms with van der Waals surface area (Å²) in [5, 5.41) is 6.91. The molecule has 2 N–H and O–H groups in total. The number of carbonyl (C=O) groups is 1. The molecule has 0 aromatic rings. The molecule has 1 atom stereocenters. The van der Waals surface area contributed by atoms with Crippen molar-refractivity contribution in [2.75, 3.05) is 40.4 Å². The quantitative estimate of drug-likeness (QED) is 0.287. The van der Waals surface area contributed by atoms with Gasteiger partial charge in [-0.3, -0.25) is 9.79 Å². The van der Waals surface area contributed by atoms with E-state index >= 15 is 0 Å². The largest absolute Gasteiger partial charge is 0.385 e. The van der Waals surface area contributed by atoms with Crippen LogP contribution >= 0.6 is 24.0 Å². The molecule has 0 spiro atoms. The molecule has 2 rings (SSSR count). The van der Waals surface area contributed by atoms with Crippen molar-refractivity contribution in [2.45, 2.75) is 64.3 Å². The number of rotatable bonds is 10. The molecule has 1 heterocycles. The van der Waals surface area contributed by atoms with Gasteiger partial charge in [-0.2, -0.15) is 0 Å². The van der Waals surface area contributed by atoms with E-state index in [2.05, 4.69) is 27.4 Å². The van der Waals surface area contributed by atoms with Gasteiger partial charge in [0.05, 0.1) is 0 Å². The summed E-state index contributed by atoms with van der Waals surface area (Å²) in [5.41, 5.74) is 0.377. The van der Waals surface area contributed by atoms with Gasteiger partial charge in [0.25, 0.3) is 0 Å². The summed E-state index contributed by atoms with van der Waals surface area (Å²) in [6.07, 6.45) is 8.69. The molecule has 152 valence electrons. The van der Waals surface area contributed by atoms with Crippen LogP contribution in [0.25, 0.3) is 0 Å². The van der Waals surface area contributed by atoms with Crippen LogP contribution in [0.3, 0.4) is 0 Å². The van der Waals surface area contributed by atoms with E-state index in [1.807, 2.05) is 7.05 Å². The van der Waals surface area contributed by atoms with Crippen molar-refractivity contribution in [1.29, 1.82) is 0 Å². The third-order valence-electron chi connectivity index (χ3n) is 5.90. The van der Waals surface area contributed by atoms with Crippen molar-refractivity contribution in [2.24, 2.45) is 10.4 Å². The number of amides is 1. The Morgan fingerprint density at radius 3 is 2.62 bits per heavy atom. The standard InChI is InChI=1S/C19H36N4O2.HI/c1-4-16(23-13-5-7-17(23)24)8-12-21-18(20-2)22-15-19(9-6-10-19)11-14-25-3;/h16H,4-15H2,1-3H3,(H2,20,21,22);1H. The Kier molecular flexibility index (Phi) is 10.8. The Morgan fingerprint density at radius 1 is 1.35 bits per heavy atom. The van der Waals surface area contributed by atoms with Gasteiger partial charge in [-0.15, -0.1) is 24.0 Å². The molecule has 0 radical (unpaired) electrons. The summed E-state index contributed by atoms with van der Waals surface area (Å²) in [6, 6.07) is 0.347. The predicted molar refractivity (Wildman–Crippen MR) is 117 cm³/mol. The molecule has 1 aliphatic heterocycles. The Balaban J connectivity index is 0.00000338. The highest BCUT2D eigenvalue weighted by molar-refractivity contribution is 14.0. The Bertz CT molecular complexity index is 455. The van der Waals surface area contributed by atoms with Gasteiger partial charge < -0.3 is 20.3 Å². The van der Waals surface area contributed by atoms with E-state index in [9.17, 15) is 4.79 Å². The van der Waals surface area contributed by atoms with Crippen LogP contribution < -0.4 is 10.6 Å². The van der Waals surface area contributed by atoms with Crippen molar-refractivity contribution < 1.29 is 9.53 Å². The summed E-state index contributed by atoms with van der Waals surface area (Å²) in [6.45, 7) is 5.71. The average molecular weight is 480 g/mol. The molecular formula is C19H37IN4O2. The summed E-state index contributed by atoms with van der Waals surface area (Å²) in [4.78, 5) is 18.3. The molecule has 6 nitrogen and oxygen atoms in total. The zero-order chi connectivity index (χ0) is 18.1. The van der Waals surface area contributed by atoms with Crippen LogP contribution in [-0.2, 0) is 9.53 Å². The molecule has 2 fully saturated rings. The van der Waals surface area contributed by atoms with Crippen LogP contribution in [0.1, 0.15) is 58.3 Å². The predicted octanol–water partition coefficient (Wildman–Crippen LogP) is 2.77. The van der Waals surface area contributed by atoms with E-state index in [1.54, 1.807) is 7.11 Å². The first-order valence-corrected chi connectivity index (χ1v) is 9.87. The maximum Gasteiger partial charge on any atom is 0.222 e. The van der Waals surface area contributed by atoms with Gasteiger partial charge in [0.1, 0.15) is 0 Å². The van der Waals surface area contributed by atoms with E-state index in [1.165, 1.54) is 19.3 Å². The van der Waals surface area contributed by atoms with E-state index in [0.29, 0.717) is 17.4 Å². The van der Waals surface area contributed by atoms with Gasteiger partial charge in [0, 0.05) is 52.9 Å². The highest BCUT2D eigenvalue weighted by Gasteiger charge is 2.36. The molecule has 1 saturated carbocycles. The number of aliphatic imine (C=N–C) groups is 1. The zero-order valence-electron chi connectivity index (χ0n) is 16.7. The lowest BCUT2D eigenvalue weighted by Gasteiger charge is -2.42. The van der Waals surface area contributed by atoms with Crippen molar-refractivity contribution >= 4 is 35.8 Å². The molecule has 26 heavy (non-hydrogen) atoms. The topological polar surface area (TPSA) is 66.0 Å². The van der Waals surface area contributed by atoms with Crippen molar-refractivity contribution in [3.63, 3.8) is 0 Å². The molecule has 7 heteroatoms. The second-order valence-corrected chi connectivity index (χ2v) is 7.49. The van der Waals surface area contributed by atoms with E-state index in [4.69, 9.17) is 4.74 Å². The van der Waals surface area contributed by atoms with Crippen LogP contribution in [0, 0.1) is 5.41 Å². The van der Waals surface area contributed by atoms with Crippen LogP contribution in [0.2, 0.25) is 0 Å². The van der Waals surface area contributed by atoms with Crippen LogP contribution in [-0.4, -0.2) is 63.2 Å². The lowest BCUT2D eigenvalue weighted by Crippen LogP contribution is -2.47. The highest BCUT2D eigenvalue weighted by atomic mass is 127. The molecule has 0 bridgehead atoms. The zero-order valence-corrected chi connectivity index (χ0v) is 19.0. The van der Waals surface area contributed by atoms with Crippen LogP contribution in [0.4, 0.5) is 0 Å². The number of likely N-dealkylation sites (tertiary alicyclic amines) is 1. The van der Waals surface area contributed by atoms with Gasteiger partial charge in [-0.25, -0.2) is 0 Å². The van der Waals surface area contributed by atoms with Gasteiger partial charge in [-0.1, -0.05) is 13.3 Å². The molecule has 1 saturated heterocycles. The van der Waals surface area contributed by atoms with E-state index in [0.717, 1.165) is 64.3 Å².